The standard InChI is InChI=1S/C22H23FN2O/c1-3-5-17-8-10-18(11-9-17)13-15-25(16(2)26)21-12-14-24-22-19(21)6-4-7-20(22)23/h4,6-12,14H,3,5,13,15H2,1-2H3. The molecule has 3 rings (SSSR count). The van der Waals surface area contributed by atoms with Gasteiger partial charge in [0.05, 0.1) is 5.69 Å². The molecule has 1 heterocycles. The number of hydrogen-bond donors (Lipinski definition) is 0. The molecule has 134 valence electrons. The molecule has 2 aromatic carbocycles. The zero-order chi connectivity index (χ0) is 18.5. The number of aryl methyl sites for hydroxylation is 1. The first-order valence-corrected chi connectivity index (χ1v) is 8.99. The monoisotopic (exact) mass is 350 g/mol. The lowest BCUT2D eigenvalue weighted by molar-refractivity contribution is -0.116. The van der Waals surface area contributed by atoms with Crippen molar-refractivity contribution in [2.45, 2.75) is 33.1 Å². The Kier molecular flexibility index (Phi) is 5.61. The molecule has 3 aromatic rings. The van der Waals surface area contributed by atoms with Crippen LogP contribution < -0.4 is 4.90 Å². The zero-order valence-electron chi connectivity index (χ0n) is 15.2. The van der Waals surface area contributed by atoms with Crippen LogP contribution in [0.1, 0.15) is 31.4 Å². The van der Waals surface area contributed by atoms with Gasteiger partial charge in [0.25, 0.3) is 0 Å². The average Bonchev–Trinajstić information content (AvgIpc) is 2.64. The molecule has 1 amide bonds. The maximum atomic E-state index is 14.0. The van der Waals surface area contributed by atoms with Gasteiger partial charge in [0.1, 0.15) is 11.3 Å². The van der Waals surface area contributed by atoms with Crippen molar-refractivity contribution >= 4 is 22.5 Å². The van der Waals surface area contributed by atoms with Crippen LogP contribution in [0.2, 0.25) is 0 Å². The summed E-state index contributed by atoms with van der Waals surface area (Å²) in [6.45, 7) is 4.24. The van der Waals surface area contributed by atoms with E-state index >= 15 is 0 Å². The van der Waals surface area contributed by atoms with E-state index in [1.165, 1.54) is 24.1 Å². The lowest BCUT2D eigenvalue weighted by Crippen LogP contribution is -2.30. The van der Waals surface area contributed by atoms with Crippen molar-refractivity contribution < 1.29 is 9.18 Å². The summed E-state index contributed by atoms with van der Waals surface area (Å²) in [6, 6.07) is 15.1. The third kappa shape index (κ3) is 3.90. The molecule has 0 aliphatic carbocycles. The molecule has 0 radical (unpaired) electrons. The molecule has 0 saturated carbocycles. The number of benzene rings is 2. The van der Waals surface area contributed by atoms with Gasteiger partial charge in [0.15, 0.2) is 0 Å². The number of halogens is 1. The minimum atomic E-state index is -0.376. The van der Waals surface area contributed by atoms with Crippen molar-refractivity contribution in [3.63, 3.8) is 0 Å². The molecule has 0 saturated heterocycles. The fraction of sp³-hybridized carbons (Fsp3) is 0.273. The number of pyridine rings is 1. The van der Waals surface area contributed by atoms with E-state index in [4.69, 9.17) is 0 Å². The second-order valence-electron chi connectivity index (χ2n) is 6.45. The molecule has 0 atom stereocenters. The fourth-order valence-electron chi connectivity index (χ4n) is 3.21. The number of amides is 1. The van der Waals surface area contributed by atoms with Gasteiger partial charge in [-0.2, -0.15) is 0 Å². The number of nitrogens with zero attached hydrogens (tertiary/aromatic N) is 2. The van der Waals surface area contributed by atoms with Gasteiger partial charge >= 0.3 is 0 Å². The number of rotatable bonds is 6. The second-order valence-corrected chi connectivity index (χ2v) is 6.45. The van der Waals surface area contributed by atoms with Gasteiger partial charge in [-0.1, -0.05) is 49.7 Å². The van der Waals surface area contributed by atoms with E-state index in [9.17, 15) is 9.18 Å². The molecular formula is C22H23FN2O. The third-order valence-corrected chi connectivity index (χ3v) is 4.56. The highest BCUT2D eigenvalue weighted by Crippen LogP contribution is 2.27. The average molecular weight is 350 g/mol. The molecule has 26 heavy (non-hydrogen) atoms. The quantitative estimate of drug-likeness (QED) is 0.632. The Balaban J connectivity index is 1.84. The lowest BCUT2D eigenvalue weighted by atomic mass is 10.1. The molecule has 4 heteroatoms. The van der Waals surface area contributed by atoms with Gasteiger partial charge in [-0.3, -0.25) is 9.78 Å². The molecule has 0 aliphatic rings. The van der Waals surface area contributed by atoms with Crippen LogP contribution in [0, 0.1) is 5.82 Å². The topological polar surface area (TPSA) is 33.2 Å². The summed E-state index contributed by atoms with van der Waals surface area (Å²) >= 11 is 0. The fourth-order valence-corrected chi connectivity index (χ4v) is 3.21. The van der Waals surface area contributed by atoms with Crippen molar-refractivity contribution in [3.8, 4) is 0 Å². The number of anilines is 1. The van der Waals surface area contributed by atoms with Crippen LogP contribution in [-0.2, 0) is 17.6 Å². The van der Waals surface area contributed by atoms with Crippen molar-refractivity contribution in [3.05, 3.63) is 71.7 Å². The van der Waals surface area contributed by atoms with E-state index in [0.29, 0.717) is 23.1 Å². The molecule has 0 fully saturated rings. The van der Waals surface area contributed by atoms with Crippen molar-refractivity contribution in [2.75, 3.05) is 11.4 Å². The predicted octanol–water partition coefficient (Wildman–Crippen LogP) is 4.92. The lowest BCUT2D eigenvalue weighted by Gasteiger charge is -2.23. The van der Waals surface area contributed by atoms with Crippen molar-refractivity contribution in [1.29, 1.82) is 0 Å². The van der Waals surface area contributed by atoms with Gasteiger partial charge in [-0.05, 0) is 36.1 Å². The summed E-state index contributed by atoms with van der Waals surface area (Å²) in [7, 11) is 0. The summed E-state index contributed by atoms with van der Waals surface area (Å²) in [4.78, 5) is 18.1. The molecule has 0 unspecified atom stereocenters. The van der Waals surface area contributed by atoms with Gasteiger partial charge in [-0.15, -0.1) is 0 Å². The van der Waals surface area contributed by atoms with E-state index in [0.717, 1.165) is 19.3 Å². The normalized spacial score (nSPS) is 10.9. The van der Waals surface area contributed by atoms with Crippen LogP contribution in [0.3, 0.4) is 0 Å². The molecule has 3 nitrogen and oxygen atoms in total. The van der Waals surface area contributed by atoms with Gasteiger partial charge in [0, 0.05) is 25.1 Å². The highest BCUT2D eigenvalue weighted by molar-refractivity contribution is 6.01. The highest BCUT2D eigenvalue weighted by Gasteiger charge is 2.16. The van der Waals surface area contributed by atoms with E-state index in [1.54, 1.807) is 29.3 Å². The Bertz CT molecular complexity index is 906. The molecular weight excluding hydrogens is 327 g/mol. The molecule has 0 N–H and O–H groups in total. The van der Waals surface area contributed by atoms with Crippen LogP contribution in [0.5, 0.6) is 0 Å². The van der Waals surface area contributed by atoms with E-state index in [-0.39, 0.29) is 11.7 Å². The molecule has 0 aliphatic heterocycles. The number of aromatic nitrogens is 1. The largest absolute Gasteiger partial charge is 0.312 e. The van der Waals surface area contributed by atoms with Crippen LogP contribution in [0.25, 0.3) is 10.9 Å². The van der Waals surface area contributed by atoms with E-state index in [1.807, 2.05) is 0 Å². The minimum Gasteiger partial charge on any atom is -0.312 e. The third-order valence-electron chi connectivity index (χ3n) is 4.56. The Morgan fingerprint density at radius 1 is 1.04 bits per heavy atom. The maximum Gasteiger partial charge on any atom is 0.223 e. The summed E-state index contributed by atoms with van der Waals surface area (Å²) < 4.78 is 14.0. The first-order chi connectivity index (χ1) is 12.6. The predicted molar refractivity (Wildman–Crippen MR) is 104 cm³/mol. The Labute approximate surface area is 153 Å². The van der Waals surface area contributed by atoms with E-state index < -0.39 is 0 Å². The van der Waals surface area contributed by atoms with Crippen LogP contribution >= 0.6 is 0 Å². The summed E-state index contributed by atoms with van der Waals surface area (Å²) in [5, 5.41) is 0.654. The zero-order valence-corrected chi connectivity index (χ0v) is 15.2. The number of fused-ring (bicyclic) bond motifs is 1. The van der Waals surface area contributed by atoms with Gasteiger partial charge in [-0.25, -0.2) is 4.39 Å². The maximum absolute atomic E-state index is 14.0. The highest BCUT2D eigenvalue weighted by atomic mass is 19.1. The van der Waals surface area contributed by atoms with Crippen molar-refractivity contribution in [1.82, 2.24) is 4.98 Å². The Morgan fingerprint density at radius 2 is 1.73 bits per heavy atom. The first kappa shape index (κ1) is 18.1. The molecule has 1 aromatic heterocycles. The smallest absolute Gasteiger partial charge is 0.223 e. The number of carbonyl (C=O) groups is 1. The molecule has 0 spiro atoms. The van der Waals surface area contributed by atoms with Crippen molar-refractivity contribution in [2.24, 2.45) is 0 Å². The van der Waals surface area contributed by atoms with Crippen LogP contribution in [0.15, 0.2) is 54.7 Å². The first-order valence-electron chi connectivity index (χ1n) is 8.99. The van der Waals surface area contributed by atoms with E-state index in [2.05, 4.69) is 36.2 Å². The van der Waals surface area contributed by atoms with Crippen LogP contribution in [0.4, 0.5) is 10.1 Å². The molecule has 0 bridgehead atoms. The minimum absolute atomic E-state index is 0.0654. The number of carbonyl (C=O) groups excluding carboxylic acids is 1. The SMILES string of the molecule is CCCc1ccc(CCN(C(C)=O)c2ccnc3c(F)cccc23)cc1. The second kappa shape index (κ2) is 8.09. The van der Waals surface area contributed by atoms with Gasteiger partial charge in [0.2, 0.25) is 5.91 Å². The summed E-state index contributed by atoms with van der Waals surface area (Å²) in [6.07, 6.45) is 4.50. The number of para-hydroxylation sites is 1. The Hall–Kier alpha value is -2.75. The summed E-state index contributed by atoms with van der Waals surface area (Å²) in [5.74, 6) is -0.441. The van der Waals surface area contributed by atoms with Gasteiger partial charge < -0.3 is 4.90 Å². The number of hydrogen-bond acceptors (Lipinski definition) is 2. The Morgan fingerprint density at radius 3 is 2.38 bits per heavy atom. The van der Waals surface area contributed by atoms with Crippen LogP contribution in [-0.4, -0.2) is 17.4 Å². The summed E-state index contributed by atoms with van der Waals surface area (Å²) in [5.41, 5.74) is 3.50.